The Morgan fingerprint density at radius 3 is 2.09 bits per heavy atom. The van der Waals surface area contributed by atoms with Crippen molar-refractivity contribution >= 4 is 29.7 Å². The molecule has 0 bridgehead atoms. The average molecular weight is 628 g/mol. The van der Waals surface area contributed by atoms with Crippen molar-refractivity contribution in [1.82, 2.24) is 20.9 Å². The lowest BCUT2D eigenvalue weighted by molar-refractivity contribution is -0.142. The van der Waals surface area contributed by atoms with Crippen LogP contribution in [0.5, 0.6) is 0 Å². The topological polar surface area (TPSA) is 189 Å². The number of aliphatic carboxylic acids is 2. The number of carbonyl (C=O) groups excluding carboxylic acids is 3. The third-order valence-corrected chi connectivity index (χ3v) is 7.91. The van der Waals surface area contributed by atoms with Gasteiger partial charge in [-0.3, -0.25) is 19.2 Å². The standard InChI is InChI=1S/C33H49N5O7/c1-19(2)24(16-20(3)28(41)36-23(31(44)45)14-15-25(39)40)38(10)30(43)27(32(4,5)6)37-29(42)26(35-9)33(7,8)22-13-11-12-21(17-22)18-34/h11-13,16-17,19,23-24,26-27,35H,14-15H2,1-10H3,(H,36,41)(H,37,42)(H,39,40)(H,44,45)/b20-16+/t23-,24-,26-,27-/m1/s1. The molecule has 12 nitrogen and oxygen atoms in total. The van der Waals surface area contributed by atoms with E-state index in [4.69, 9.17) is 5.11 Å². The summed E-state index contributed by atoms with van der Waals surface area (Å²) >= 11 is 0. The van der Waals surface area contributed by atoms with Crippen molar-refractivity contribution < 1.29 is 34.2 Å². The molecule has 0 heterocycles. The Labute approximate surface area is 266 Å². The molecule has 0 saturated carbocycles. The van der Waals surface area contributed by atoms with Gasteiger partial charge in [-0.05, 0) is 49.4 Å². The summed E-state index contributed by atoms with van der Waals surface area (Å²) < 4.78 is 0. The van der Waals surface area contributed by atoms with E-state index in [2.05, 4.69) is 22.0 Å². The highest BCUT2D eigenvalue weighted by atomic mass is 16.4. The van der Waals surface area contributed by atoms with Gasteiger partial charge in [0.15, 0.2) is 0 Å². The molecule has 1 rings (SSSR count). The van der Waals surface area contributed by atoms with Gasteiger partial charge in [0.05, 0.1) is 23.7 Å². The minimum absolute atomic E-state index is 0.155. The minimum Gasteiger partial charge on any atom is -0.481 e. The fraction of sp³-hybridized carbons (Fsp3) is 0.576. The zero-order chi connectivity index (χ0) is 34.9. The van der Waals surface area contributed by atoms with Gasteiger partial charge in [-0.25, -0.2) is 4.79 Å². The van der Waals surface area contributed by atoms with E-state index in [9.17, 15) is 34.3 Å². The molecule has 248 valence electrons. The quantitative estimate of drug-likeness (QED) is 0.182. The lowest BCUT2D eigenvalue weighted by atomic mass is 9.76. The van der Waals surface area contributed by atoms with Crippen LogP contribution in [0, 0.1) is 22.7 Å². The fourth-order valence-electron chi connectivity index (χ4n) is 5.08. The molecule has 12 heteroatoms. The highest BCUT2D eigenvalue weighted by Gasteiger charge is 2.41. The summed E-state index contributed by atoms with van der Waals surface area (Å²) in [4.78, 5) is 64.6. The normalized spacial score (nSPS) is 14.8. The average Bonchev–Trinajstić information content (AvgIpc) is 2.94. The van der Waals surface area contributed by atoms with Crippen LogP contribution in [-0.2, 0) is 29.4 Å². The lowest BCUT2D eigenvalue weighted by Gasteiger charge is -2.40. The number of nitriles is 1. The molecule has 3 amide bonds. The highest BCUT2D eigenvalue weighted by molar-refractivity contribution is 5.96. The number of benzene rings is 1. The molecule has 0 fully saturated rings. The van der Waals surface area contributed by atoms with Crippen LogP contribution in [0.2, 0.25) is 0 Å². The first-order valence-electron chi connectivity index (χ1n) is 14.9. The third-order valence-electron chi connectivity index (χ3n) is 7.91. The van der Waals surface area contributed by atoms with Crippen molar-refractivity contribution in [2.24, 2.45) is 11.3 Å². The number of hydrogen-bond acceptors (Lipinski definition) is 7. The van der Waals surface area contributed by atoms with Crippen LogP contribution in [0.4, 0.5) is 0 Å². The van der Waals surface area contributed by atoms with Crippen LogP contribution in [0.3, 0.4) is 0 Å². The Bertz CT molecular complexity index is 1320. The molecule has 4 atom stereocenters. The number of nitrogens with zero attached hydrogens (tertiary/aromatic N) is 2. The fourth-order valence-corrected chi connectivity index (χ4v) is 5.08. The van der Waals surface area contributed by atoms with Crippen LogP contribution in [0.15, 0.2) is 35.9 Å². The molecule has 0 radical (unpaired) electrons. The zero-order valence-electron chi connectivity index (χ0n) is 28.0. The minimum atomic E-state index is -1.39. The molecular weight excluding hydrogens is 578 g/mol. The van der Waals surface area contributed by atoms with Gasteiger partial charge >= 0.3 is 11.9 Å². The van der Waals surface area contributed by atoms with Crippen molar-refractivity contribution in [1.29, 1.82) is 5.26 Å². The maximum absolute atomic E-state index is 14.0. The molecule has 0 aliphatic carbocycles. The number of nitrogens with one attached hydrogen (secondary N) is 3. The van der Waals surface area contributed by atoms with E-state index in [-0.39, 0.29) is 23.8 Å². The predicted molar refractivity (Wildman–Crippen MR) is 170 cm³/mol. The maximum atomic E-state index is 14.0. The third kappa shape index (κ3) is 10.7. The van der Waals surface area contributed by atoms with E-state index < -0.39 is 65.2 Å². The zero-order valence-corrected chi connectivity index (χ0v) is 28.0. The van der Waals surface area contributed by atoms with E-state index in [0.717, 1.165) is 5.56 Å². The van der Waals surface area contributed by atoms with Gasteiger partial charge in [-0.2, -0.15) is 5.26 Å². The molecule has 0 spiro atoms. The van der Waals surface area contributed by atoms with Crippen LogP contribution in [0.25, 0.3) is 0 Å². The summed E-state index contributed by atoms with van der Waals surface area (Å²) in [5.74, 6) is -4.19. The summed E-state index contributed by atoms with van der Waals surface area (Å²) in [5, 5.41) is 36.1. The number of carboxylic acid groups (broad SMARTS) is 2. The summed E-state index contributed by atoms with van der Waals surface area (Å²) in [7, 11) is 3.24. The van der Waals surface area contributed by atoms with Gasteiger partial charge in [-0.15, -0.1) is 0 Å². The van der Waals surface area contributed by atoms with E-state index in [0.29, 0.717) is 5.56 Å². The van der Waals surface area contributed by atoms with Gasteiger partial charge in [-0.1, -0.05) is 66.7 Å². The summed E-state index contributed by atoms with van der Waals surface area (Å²) in [6, 6.07) is 5.45. The number of rotatable bonds is 15. The number of likely N-dealkylation sites (N-methyl/N-ethyl adjacent to an activating group) is 2. The molecular formula is C33H49N5O7. The largest absolute Gasteiger partial charge is 0.481 e. The van der Waals surface area contributed by atoms with Crippen LogP contribution in [0.1, 0.15) is 79.4 Å². The Kier molecular flexibility index (Phi) is 13.9. The SMILES string of the molecule is CN[C@H](C(=O)N[C@H](C(=O)N(C)[C@H](/C=C(\C)C(=O)N[C@H](CCC(=O)O)C(=O)O)C(C)C)C(C)(C)C)C(C)(C)c1cccc(C#N)c1. The van der Waals surface area contributed by atoms with Gasteiger partial charge in [0, 0.05) is 24.5 Å². The van der Waals surface area contributed by atoms with Crippen molar-refractivity contribution in [3.63, 3.8) is 0 Å². The van der Waals surface area contributed by atoms with E-state index in [1.54, 1.807) is 38.4 Å². The summed E-state index contributed by atoms with van der Waals surface area (Å²) in [5.41, 5.74) is -0.0624. The molecule has 0 saturated heterocycles. The first-order chi connectivity index (χ1) is 20.7. The van der Waals surface area contributed by atoms with Crippen molar-refractivity contribution in [2.75, 3.05) is 14.1 Å². The second-order valence-electron chi connectivity index (χ2n) is 13.3. The Morgan fingerprint density at radius 2 is 1.62 bits per heavy atom. The van der Waals surface area contributed by atoms with Gasteiger partial charge in [0.1, 0.15) is 12.1 Å². The van der Waals surface area contributed by atoms with Crippen molar-refractivity contribution in [3.05, 3.63) is 47.0 Å². The lowest BCUT2D eigenvalue weighted by Crippen LogP contribution is -2.61. The van der Waals surface area contributed by atoms with Crippen LogP contribution >= 0.6 is 0 Å². The second kappa shape index (κ2) is 16.2. The predicted octanol–water partition coefficient (Wildman–Crippen LogP) is 2.82. The first kappa shape index (κ1) is 38.8. The van der Waals surface area contributed by atoms with Gasteiger partial charge < -0.3 is 31.1 Å². The monoisotopic (exact) mass is 627 g/mol. The van der Waals surface area contributed by atoms with Crippen molar-refractivity contribution in [2.45, 2.75) is 97.8 Å². The first-order valence-corrected chi connectivity index (χ1v) is 14.9. The second-order valence-corrected chi connectivity index (χ2v) is 13.3. The van der Waals surface area contributed by atoms with E-state index in [1.165, 1.54) is 11.8 Å². The van der Waals surface area contributed by atoms with Crippen LogP contribution in [-0.4, -0.2) is 83.0 Å². The molecule has 1 aromatic carbocycles. The van der Waals surface area contributed by atoms with E-state index >= 15 is 0 Å². The molecule has 1 aromatic rings. The molecule has 45 heavy (non-hydrogen) atoms. The number of carbonyl (C=O) groups is 5. The number of carboxylic acids is 2. The summed E-state index contributed by atoms with van der Waals surface area (Å²) in [6.45, 7) is 14.5. The Hall–Kier alpha value is -4.24. The smallest absolute Gasteiger partial charge is 0.326 e. The Morgan fingerprint density at radius 1 is 1.02 bits per heavy atom. The number of hydrogen-bond donors (Lipinski definition) is 5. The highest BCUT2D eigenvalue weighted by Crippen LogP contribution is 2.29. The van der Waals surface area contributed by atoms with Gasteiger partial charge in [0.2, 0.25) is 17.7 Å². The number of amides is 3. The molecule has 0 unspecified atom stereocenters. The molecule has 5 N–H and O–H groups in total. The molecule has 0 aromatic heterocycles. The van der Waals surface area contributed by atoms with Gasteiger partial charge in [0.25, 0.3) is 0 Å². The molecule has 0 aliphatic rings. The maximum Gasteiger partial charge on any atom is 0.326 e. The molecule has 0 aliphatic heterocycles. The summed E-state index contributed by atoms with van der Waals surface area (Å²) in [6.07, 6.45) is 0.859. The van der Waals surface area contributed by atoms with Crippen molar-refractivity contribution in [3.8, 4) is 6.07 Å². The van der Waals surface area contributed by atoms with Crippen LogP contribution < -0.4 is 16.0 Å². The Balaban J connectivity index is 3.32. The van der Waals surface area contributed by atoms with E-state index in [1.807, 2.05) is 54.5 Å².